The van der Waals surface area contributed by atoms with E-state index in [1.807, 2.05) is 53.1 Å². The molecular formula is C23H29IN8. The predicted molar refractivity (Wildman–Crippen MR) is 138 cm³/mol. The maximum absolute atomic E-state index is 9.44. The lowest BCUT2D eigenvalue weighted by Gasteiger charge is -2.35. The molecule has 32 heavy (non-hydrogen) atoms. The molecule has 1 aliphatic heterocycles. The molecule has 0 spiro atoms. The fourth-order valence-electron chi connectivity index (χ4n) is 4.00. The van der Waals surface area contributed by atoms with Gasteiger partial charge >= 0.3 is 0 Å². The Bertz CT molecular complexity index is 1090. The summed E-state index contributed by atoms with van der Waals surface area (Å²) in [5, 5.41) is 24.9. The Morgan fingerprint density at radius 1 is 1.22 bits per heavy atom. The molecule has 1 unspecified atom stereocenters. The van der Waals surface area contributed by atoms with E-state index < -0.39 is 0 Å². The molecule has 1 atom stereocenters. The summed E-state index contributed by atoms with van der Waals surface area (Å²) < 4.78 is 2.00. The van der Waals surface area contributed by atoms with Crippen LogP contribution < -0.4 is 15.5 Å². The second-order valence-electron chi connectivity index (χ2n) is 7.61. The average molecular weight is 544 g/mol. The first-order chi connectivity index (χ1) is 15.3. The van der Waals surface area contributed by atoms with Crippen LogP contribution >= 0.6 is 24.0 Å². The number of halogens is 1. The zero-order chi connectivity index (χ0) is 21.5. The van der Waals surface area contributed by atoms with Crippen LogP contribution in [0.1, 0.15) is 31.2 Å². The molecule has 0 bridgehead atoms. The van der Waals surface area contributed by atoms with Crippen molar-refractivity contribution in [2.45, 2.75) is 32.2 Å². The average Bonchev–Trinajstić information content (AvgIpc) is 3.22. The van der Waals surface area contributed by atoms with Crippen molar-refractivity contribution in [2.24, 2.45) is 4.99 Å². The van der Waals surface area contributed by atoms with Gasteiger partial charge in [-0.25, -0.2) is 0 Å². The third-order valence-electron chi connectivity index (χ3n) is 5.46. The first-order valence-electron chi connectivity index (χ1n) is 10.9. The molecule has 8 nitrogen and oxygen atoms in total. The van der Waals surface area contributed by atoms with Gasteiger partial charge < -0.3 is 15.5 Å². The van der Waals surface area contributed by atoms with Crippen LogP contribution in [0.3, 0.4) is 0 Å². The van der Waals surface area contributed by atoms with E-state index in [4.69, 9.17) is 4.99 Å². The van der Waals surface area contributed by atoms with Crippen LogP contribution in [0.15, 0.2) is 53.7 Å². The highest BCUT2D eigenvalue weighted by atomic mass is 127. The maximum atomic E-state index is 9.44. The minimum absolute atomic E-state index is 0. The summed E-state index contributed by atoms with van der Waals surface area (Å²) in [5.41, 5.74) is 2.59. The highest BCUT2D eigenvalue weighted by molar-refractivity contribution is 14.0. The number of hydrogen-bond donors (Lipinski definition) is 2. The second-order valence-corrected chi connectivity index (χ2v) is 7.61. The number of piperidine rings is 1. The summed E-state index contributed by atoms with van der Waals surface area (Å²) in [6.45, 7) is 5.30. The third kappa shape index (κ3) is 5.68. The molecular weight excluding hydrogens is 515 g/mol. The summed E-state index contributed by atoms with van der Waals surface area (Å²) in [7, 11) is 0. The van der Waals surface area contributed by atoms with Gasteiger partial charge in [0.25, 0.3) is 0 Å². The van der Waals surface area contributed by atoms with Crippen LogP contribution in [0.2, 0.25) is 0 Å². The van der Waals surface area contributed by atoms with Gasteiger partial charge in [-0.3, -0.25) is 9.39 Å². The van der Waals surface area contributed by atoms with Gasteiger partial charge in [0.05, 0.1) is 11.3 Å². The molecule has 3 heterocycles. The Morgan fingerprint density at radius 2 is 2.06 bits per heavy atom. The van der Waals surface area contributed by atoms with E-state index >= 15 is 0 Å². The van der Waals surface area contributed by atoms with Gasteiger partial charge in [-0.15, -0.1) is 34.2 Å². The van der Waals surface area contributed by atoms with E-state index in [0.29, 0.717) is 13.0 Å². The molecule has 2 N–H and O–H groups in total. The molecule has 0 radical (unpaired) electrons. The number of nitriles is 1. The van der Waals surface area contributed by atoms with E-state index in [1.165, 1.54) is 0 Å². The van der Waals surface area contributed by atoms with Crippen LogP contribution in [-0.4, -0.2) is 52.8 Å². The van der Waals surface area contributed by atoms with E-state index in [-0.39, 0.29) is 30.0 Å². The van der Waals surface area contributed by atoms with Crippen molar-refractivity contribution in [1.82, 2.24) is 25.2 Å². The minimum Gasteiger partial charge on any atom is -0.368 e. The van der Waals surface area contributed by atoms with Crippen LogP contribution in [-0.2, 0) is 6.42 Å². The van der Waals surface area contributed by atoms with Gasteiger partial charge in [0.1, 0.15) is 11.9 Å². The summed E-state index contributed by atoms with van der Waals surface area (Å²) >= 11 is 0. The molecule has 0 amide bonds. The first kappa shape index (κ1) is 23.8. The summed E-state index contributed by atoms with van der Waals surface area (Å²) in [6, 6.07) is 16.3. The lowest BCUT2D eigenvalue weighted by molar-refractivity contribution is 0.468. The number of rotatable bonds is 6. The van der Waals surface area contributed by atoms with Crippen LogP contribution in [0.5, 0.6) is 0 Å². The van der Waals surface area contributed by atoms with Crippen molar-refractivity contribution in [2.75, 3.05) is 31.1 Å². The Labute approximate surface area is 205 Å². The minimum atomic E-state index is 0. The molecule has 0 aliphatic carbocycles. The van der Waals surface area contributed by atoms with Gasteiger partial charge in [0.2, 0.25) is 0 Å². The van der Waals surface area contributed by atoms with Gasteiger partial charge in [0.15, 0.2) is 11.6 Å². The summed E-state index contributed by atoms with van der Waals surface area (Å²) in [5.74, 6) is 1.73. The number of para-hydroxylation sites is 1. The van der Waals surface area contributed by atoms with Crippen molar-refractivity contribution in [3.8, 4) is 6.07 Å². The highest BCUT2D eigenvalue weighted by Crippen LogP contribution is 2.23. The molecule has 3 aromatic rings. The van der Waals surface area contributed by atoms with Crippen LogP contribution in [0, 0.1) is 11.3 Å². The molecule has 9 heteroatoms. The number of pyridine rings is 1. The molecule has 1 aliphatic rings. The third-order valence-corrected chi connectivity index (χ3v) is 5.46. The largest absolute Gasteiger partial charge is 0.368 e. The number of anilines is 1. The zero-order valence-electron chi connectivity index (χ0n) is 18.2. The molecule has 1 aromatic carbocycles. The highest BCUT2D eigenvalue weighted by Gasteiger charge is 2.22. The quantitative estimate of drug-likeness (QED) is 0.282. The van der Waals surface area contributed by atoms with E-state index in [0.717, 1.165) is 61.2 Å². The molecule has 1 saturated heterocycles. The van der Waals surface area contributed by atoms with Crippen LogP contribution in [0.25, 0.3) is 5.65 Å². The van der Waals surface area contributed by atoms with Crippen molar-refractivity contribution >= 4 is 41.3 Å². The number of benzene rings is 1. The van der Waals surface area contributed by atoms with E-state index in [2.05, 4.69) is 38.7 Å². The summed E-state index contributed by atoms with van der Waals surface area (Å²) in [6.07, 6.45) is 4.84. The number of nitrogens with one attached hydrogen (secondary N) is 2. The number of fused-ring (bicyclic) bond motifs is 1. The SMILES string of the molecule is CCNC(=NCCc1nnc2ccccn12)NC1CCCN(c2ccccc2C#N)C1.I. The van der Waals surface area contributed by atoms with Crippen molar-refractivity contribution in [3.05, 3.63) is 60.0 Å². The lowest BCUT2D eigenvalue weighted by atomic mass is 10.0. The molecule has 4 rings (SSSR count). The Balaban J connectivity index is 0.00000289. The second kappa shape index (κ2) is 11.7. The smallest absolute Gasteiger partial charge is 0.191 e. The monoisotopic (exact) mass is 544 g/mol. The molecule has 168 valence electrons. The topological polar surface area (TPSA) is 93.6 Å². The van der Waals surface area contributed by atoms with Crippen molar-refractivity contribution < 1.29 is 0 Å². The maximum Gasteiger partial charge on any atom is 0.191 e. The number of aromatic nitrogens is 3. The van der Waals surface area contributed by atoms with E-state index in [9.17, 15) is 5.26 Å². The van der Waals surface area contributed by atoms with E-state index in [1.54, 1.807) is 0 Å². The predicted octanol–water partition coefficient (Wildman–Crippen LogP) is 2.99. The number of aliphatic imine (C=N–C) groups is 1. The number of hydrogen-bond acceptors (Lipinski definition) is 5. The fourth-order valence-corrected chi connectivity index (χ4v) is 4.00. The van der Waals surface area contributed by atoms with Gasteiger partial charge in [0, 0.05) is 44.8 Å². The molecule has 1 fully saturated rings. The van der Waals surface area contributed by atoms with Crippen molar-refractivity contribution in [1.29, 1.82) is 5.26 Å². The Kier molecular flexibility index (Phi) is 8.67. The normalized spacial score (nSPS) is 16.3. The summed E-state index contributed by atoms with van der Waals surface area (Å²) in [4.78, 5) is 7.06. The fraction of sp³-hybridized carbons (Fsp3) is 0.391. The first-order valence-corrected chi connectivity index (χ1v) is 10.9. The number of guanidine groups is 1. The molecule has 2 aromatic heterocycles. The molecule has 0 saturated carbocycles. The Morgan fingerprint density at radius 3 is 2.91 bits per heavy atom. The van der Waals surface area contributed by atoms with Gasteiger partial charge in [-0.1, -0.05) is 18.2 Å². The lowest BCUT2D eigenvalue weighted by Crippen LogP contribution is -2.51. The van der Waals surface area contributed by atoms with Crippen molar-refractivity contribution in [3.63, 3.8) is 0 Å². The zero-order valence-corrected chi connectivity index (χ0v) is 20.6. The standard InChI is InChI=1S/C23H28N8.HI/c1-2-25-23(26-13-12-22-29-28-21-11-5-6-15-31(21)22)27-19-9-7-14-30(17-19)20-10-4-3-8-18(20)16-24;/h3-6,8,10-11,15,19H,2,7,9,12-14,17H2,1H3,(H2,25,26,27);1H. The Hall–Kier alpha value is -2.87. The van der Waals surface area contributed by atoms with Crippen LogP contribution in [0.4, 0.5) is 5.69 Å². The van der Waals surface area contributed by atoms with Gasteiger partial charge in [-0.2, -0.15) is 5.26 Å². The van der Waals surface area contributed by atoms with Gasteiger partial charge in [-0.05, 0) is 44.0 Å². The number of nitrogens with zero attached hydrogens (tertiary/aromatic N) is 6.